The van der Waals surface area contributed by atoms with Crippen LogP contribution in [0.15, 0.2) is 6.07 Å². The first-order valence-corrected chi connectivity index (χ1v) is 5.65. The summed E-state index contributed by atoms with van der Waals surface area (Å²) in [4.78, 5) is 2.43. The topological polar surface area (TPSA) is 46.2 Å². The monoisotopic (exact) mass is 213 g/mol. The molecule has 0 fully saturated rings. The quantitative estimate of drug-likeness (QED) is 0.810. The van der Waals surface area contributed by atoms with Gasteiger partial charge in [-0.05, 0) is 25.5 Å². The number of hydrogen-bond donors (Lipinski definition) is 2. The van der Waals surface area contributed by atoms with Gasteiger partial charge in [-0.2, -0.15) is 0 Å². The lowest BCUT2D eigenvalue weighted by Gasteiger charge is -2.29. The van der Waals surface area contributed by atoms with Gasteiger partial charge in [-0.1, -0.05) is 13.8 Å². The average Bonchev–Trinajstić information content (AvgIpc) is 2.44. The lowest BCUT2D eigenvalue weighted by Crippen LogP contribution is -2.30. The maximum atomic E-state index is 10.2. The van der Waals surface area contributed by atoms with Crippen molar-refractivity contribution in [3.05, 3.63) is 21.4 Å². The Morgan fingerprint density at radius 2 is 2.07 bits per heavy atom. The minimum atomic E-state index is -0.461. The Morgan fingerprint density at radius 3 is 2.43 bits per heavy atom. The van der Waals surface area contributed by atoms with E-state index in [4.69, 9.17) is 5.73 Å². The first-order valence-electron chi connectivity index (χ1n) is 4.83. The number of aliphatic hydroxyl groups is 1. The Morgan fingerprint density at radius 1 is 1.50 bits per heavy atom. The molecule has 2 nitrogen and oxygen atoms in total. The molecule has 0 bridgehead atoms. The molecule has 14 heavy (non-hydrogen) atoms. The zero-order chi connectivity index (χ0) is 10.9. The molecule has 1 aromatic rings. The molecule has 0 aliphatic carbocycles. The van der Waals surface area contributed by atoms with Crippen molar-refractivity contribution in [3.8, 4) is 0 Å². The maximum Gasteiger partial charge on any atom is 0.0863 e. The lowest BCUT2D eigenvalue weighted by atomic mass is 9.83. The fourth-order valence-electron chi connectivity index (χ4n) is 1.45. The van der Waals surface area contributed by atoms with E-state index in [9.17, 15) is 5.11 Å². The summed E-state index contributed by atoms with van der Waals surface area (Å²) in [6.45, 7) is 8.57. The third-order valence-electron chi connectivity index (χ3n) is 2.64. The van der Waals surface area contributed by atoms with E-state index in [1.807, 2.05) is 20.8 Å². The van der Waals surface area contributed by atoms with Crippen molar-refractivity contribution in [3.63, 3.8) is 0 Å². The average molecular weight is 213 g/mol. The summed E-state index contributed by atoms with van der Waals surface area (Å²) in [6.07, 6.45) is -0.461. The normalized spacial score (nSPS) is 14.4. The van der Waals surface area contributed by atoms with Gasteiger partial charge in [0.15, 0.2) is 0 Å². The van der Waals surface area contributed by atoms with Gasteiger partial charge in [-0.15, -0.1) is 11.3 Å². The number of nitrogens with two attached hydrogens (primary N) is 1. The van der Waals surface area contributed by atoms with Gasteiger partial charge in [-0.3, -0.25) is 0 Å². The predicted molar refractivity (Wildman–Crippen MR) is 61.6 cm³/mol. The molecule has 0 aromatic carbocycles. The van der Waals surface area contributed by atoms with Gasteiger partial charge in [0.25, 0.3) is 0 Å². The van der Waals surface area contributed by atoms with Crippen LogP contribution in [0.1, 0.15) is 35.3 Å². The lowest BCUT2D eigenvalue weighted by molar-refractivity contribution is 0.0554. The zero-order valence-corrected chi connectivity index (χ0v) is 10.1. The van der Waals surface area contributed by atoms with Crippen molar-refractivity contribution in [1.82, 2.24) is 0 Å². The van der Waals surface area contributed by atoms with Gasteiger partial charge in [-0.25, -0.2) is 0 Å². The molecule has 80 valence electrons. The number of rotatable bonds is 3. The zero-order valence-electron chi connectivity index (χ0n) is 9.29. The second-order valence-electron chi connectivity index (χ2n) is 4.46. The van der Waals surface area contributed by atoms with E-state index < -0.39 is 6.10 Å². The van der Waals surface area contributed by atoms with Gasteiger partial charge in [0.05, 0.1) is 6.10 Å². The van der Waals surface area contributed by atoms with Crippen LogP contribution in [0, 0.1) is 19.3 Å². The van der Waals surface area contributed by atoms with E-state index in [2.05, 4.69) is 13.0 Å². The molecule has 0 aliphatic rings. The molecule has 0 radical (unpaired) electrons. The summed E-state index contributed by atoms with van der Waals surface area (Å²) in [5.74, 6) is 0. The molecule has 0 spiro atoms. The first kappa shape index (κ1) is 11.7. The molecule has 3 heteroatoms. The Labute approximate surface area is 89.8 Å². The van der Waals surface area contributed by atoms with E-state index in [0.29, 0.717) is 6.54 Å². The highest BCUT2D eigenvalue weighted by Gasteiger charge is 2.29. The SMILES string of the molecule is Cc1cc(C(O)C(C)(C)CN)c(C)s1. The highest BCUT2D eigenvalue weighted by atomic mass is 32.1. The molecule has 1 atom stereocenters. The van der Waals surface area contributed by atoms with Crippen molar-refractivity contribution in [1.29, 1.82) is 0 Å². The van der Waals surface area contributed by atoms with E-state index in [-0.39, 0.29) is 5.41 Å². The second kappa shape index (κ2) is 4.01. The summed E-state index contributed by atoms with van der Waals surface area (Å²) in [6, 6.07) is 2.06. The molecule has 1 unspecified atom stereocenters. The van der Waals surface area contributed by atoms with Gasteiger partial charge >= 0.3 is 0 Å². The predicted octanol–water partition coefficient (Wildman–Crippen LogP) is 2.38. The number of hydrogen-bond acceptors (Lipinski definition) is 3. The Kier molecular flexibility index (Phi) is 3.35. The van der Waals surface area contributed by atoms with Crippen LogP contribution in [0.4, 0.5) is 0 Å². The van der Waals surface area contributed by atoms with E-state index in [1.165, 1.54) is 9.75 Å². The van der Waals surface area contributed by atoms with Crippen molar-refractivity contribution >= 4 is 11.3 Å². The fourth-order valence-corrected chi connectivity index (χ4v) is 2.41. The maximum absolute atomic E-state index is 10.2. The largest absolute Gasteiger partial charge is 0.388 e. The van der Waals surface area contributed by atoms with E-state index >= 15 is 0 Å². The van der Waals surface area contributed by atoms with Crippen LogP contribution in [0.2, 0.25) is 0 Å². The number of aliphatic hydroxyl groups excluding tert-OH is 1. The Hall–Kier alpha value is -0.380. The highest BCUT2D eigenvalue weighted by Crippen LogP contribution is 2.36. The van der Waals surface area contributed by atoms with Gasteiger partial charge in [0.1, 0.15) is 0 Å². The minimum absolute atomic E-state index is 0.252. The molecular formula is C11H19NOS. The van der Waals surface area contributed by atoms with E-state index in [0.717, 1.165) is 5.56 Å². The van der Waals surface area contributed by atoms with Crippen LogP contribution in [-0.4, -0.2) is 11.7 Å². The van der Waals surface area contributed by atoms with Crippen LogP contribution in [0.3, 0.4) is 0 Å². The molecular weight excluding hydrogens is 194 g/mol. The molecule has 3 N–H and O–H groups in total. The Balaban J connectivity index is 3.00. The van der Waals surface area contributed by atoms with Crippen LogP contribution >= 0.6 is 11.3 Å². The molecule has 0 saturated carbocycles. The van der Waals surface area contributed by atoms with Crippen LogP contribution in [-0.2, 0) is 0 Å². The fraction of sp³-hybridized carbons (Fsp3) is 0.636. The smallest absolute Gasteiger partial charge is 0.0863 e. The molecule has 1 rings (SSSR count). The summed E-state index contributed by atoms with van der Waals surface area (Å²) < 4.78 is 0. The van der Waals surface area contributed by atoms with Crippen LogP contribution in [0.25, 0.3) is 0 Å². The van der Waals surface area contributed by atoms with E-state index in [1.54, 1.807) is 11.3 Å². The van der Waals surface area contributed by atoms with Gasteiger partial charge in [0.2, 0.25) is 0 Å². The van der Waals surface area contributed by atoms with Crippen molar-refractivity contribution in [2.45, 2.75) is 33.8 Å². The second-order valence-corrected chi connectivity index (χ2v) is 5.92. The number of aryl methyl sites for hydroxylation is 2. The molecule has 1 heterocycles. The molecule has 0 saturated heterocycles. The standard InChI is InChI=1S/C11H19NOS/c1-7-5-9(8(2)14-7)10(13)11(3,4)6-12/h5,10,13H,6,12H2,1-4H3. The van der Waals surface area contributed by atoms with Crippen LogP contribution < -0.4 is 5.73 Å². The Bertz CT molecular complexity index is 317. The summed E-state index contributed by atoms with van der Waals surface area (Å²) in [7, 11) is 0. The van der Waals surface area contributed by atoms with Gasteiger partial charge < -0.3 is 10.8 Å². The molecule has 1 aromatic heterocycles. The molecule has 0 amide bonds. The summed E-state index contributed by atoms with van der Waals surface area (Å²) in [5.41, 5.74) is 6.42. The third-order valence-corrected chi connectivity index (χ3v) is 3.62. The summed E-state index contributed by atoms with van der Waals surface area (Å²) in [5, 5.41) is 10.2. The van der Waals surface area contributed by atoms with Crippen molar-refractivity contribution < 1.29 is 5.11 Å². The molecule has 0 aliphatic heterocycles. The minimum Gasteiger partial charge on any atom is -0.388 e. The first-order chi connectivity index (χ1) is 6.38. The number of thiophene rings is 1. The van der Waals surface area contributed by atoms with Crippen LogP contribution in [0.5, 0.6) is 0 Å². The van der Waals surface area contributed by atoms with Crippen molar-refractivity contribution in [2.75, 3.05) is 6.54 Å². The van der Waals surface area contributed by atoms with Gasteiger partial charge in [0, 0.05) is 21.7 Å². The summed E-state index contributed by atoms with van der Waals surface area (Å²) >= 11 is 1.72. The highest BCUT2D eigenvalue weighted by molar-refractivity contribution is 7.12. The van der Waals surface area contributed by atoms with Crippen molar-refractivity contribution in [2.24, 2.45) is 11.1 Å². The third kappa shape index (κ3) is 2.16.